The van der Waals surface area contributed by atoms with E-state index in [-0.39, 0.29) is 17.9 Å². The van der Waals surface area contributed by atoms with E-state index in [2.05, 4.69) is 14.8 Å². The minimum absolute atomic E-state index is 0.0165. The van der Waals surface area contributed by atoms with Gasteiger partial charge in [0.05, 0.1) is 20.6 Å². The average Bonchev–Trinajstić information content (AvgIpc) is 3.49. The molecule has 1 aliphatic rings. The highest BCUT2D eigenvalue weighted by Crippen LogP contribution is 2.29. The van der Waals surface area contributed by atoms with Gasteiger partial charge in [-0.2, -0.15) is 0 Å². The van der Waals surface area contributed by atoms with Crippen LogP contribution in [0, 0.1) is 0 Å². The molecule has 1 unspecified atom stereocenters. The monoisotopic (exact) mass is 613 g/mol. The van der Waals surface area contributed by atoms with Crippen molar-refractivity contribution in [2.24, 2.45) is 0 Å². The van der Waals surface area contributed by atoms with Crippen LogP contribution in [0.1, 0.15) is 31.7 Å². The Morgan fingerprint density at radius 1 is 0.841 bits per heavy atom. The SMILES string of the molecule is COc1ccc(CC(=O)N2CCN(C(=O)CCCCSc3nnc(-c4ccccc4)n3-c3ccc(OC)cc3)CC2C)cc1. The topological polar surface area (TPSA) is 89.8 Å². The number of rotatable bonds is 12. The van der Waals surface area contributed by atoms with Gasteiger partial charge in [-0.25, -0.2) is 0 Å². The molecule has 10 heteroatoms. The maximum absolute atomic E-state index is 13.0. The van der Waals surface area contributed by atoms with Gasteiger partial charge < -0.3 is 19.3 Å². The van der Waals surface area contributed by atoms with Crippen LogP contribution in [-0.4, -0.2) is 82.0 Å². The van der Waals surface area contributed by atoms with Crippen LogP contribution < -0.4 is 9.47 Å². The van der Waals surface area contributed by atoms with Gasteiger partial charge in [0.2, 0.25) is 11.8 Å². The molecule has 0 N–H and O–H groups in total. The highest BCUT2D eigenvalue weighted by atomic mass is 32.2. The lowest BCUT2D eigenvalue weighted by Gasteiger charge is -2.40. The molecule has 1 fully saturated rings. The molecule has 9 nitrogen and oxygen atoms in total. The lowest BCUT2D eigenvalue weighted by molar-refractivity contribution is -0.142. The van der Waals surface area contributed by atoms with Gasteiger partial charge in [-0.1, -0.05) is 54.2 Å². The zero-order valence-corrected chi connectivity index (χ0v) is 26.3. The third-order valence-electron chi connectivity index (χ3n) is 7.83. The van der Waals surface area contributed by atoms with Crippen molar-refractivity contribution < 1.29 is 19.1 Å². The number of aromatic nitrogens is 3. The van der Waals surface area contributed by atoms with Crippen molar-refractivity contribution >= 4 is 23.6 Å². The van der Waals surface area contributed by atoms with E-state index in [9.17, 15) is 9.59 Å². The summed E-state index contributed by atoms with van der Waals surface area (Å²) in [5, 5.41) is 9.84. The molecular formula is C34H39N5O4S. The number of ether oxygens (including phenoxy) is 2. The first-order valence-corrected chi connectivity index (χ1v) is 15.9. The summed E-state index contributed by atoms with van der Waals surface area (Å²) >= 11 is 1.64. The largest absolute Gasteiger partial charge is 0.497 e. The number of hydrogen-bond acceptors (Lipinski definition) is 7. The number of hydrogen-bond donors (Lipinski definition) is 0. The Hall–Kier alpha value is -4.31. The van der Waals surface area contributed by atoms with Crippen LogP contribution in [0.15, 0.2) is 84.0 Å². The third-order valence-corrected chi connectivity index (χ3v) is 8.84. The van der Waals surface area contributed by atoms with Crippen LogP contribution in [-0.2, 0) is 16.0 Å². The number of benzene rings is 3. The molecule has 44 heavy (non-hydrogen) atoms. The van der Waals surface area contributed by atoms with E-state index in [4.69, 9.17) is 9.47 Å². The maximum atomic E-state index is 13.0. The zero-order chi connectivity index (χ0) is 30.9. The number of carbonyl (C=O) groups excluding carboxylic acids is 2. The summed E-state index contributed by atoms with van der Waals surface area (Å²) in [4.78, 5) is 29.8. The van der Waals surface area contributed by atoms with Crippen molar-refractivity contribution in [1.29, 1.82) is 0 Å². The van der Waals surface area contributed by atoms with Gasteiger partial charge in [-0.05, 0) is 61.7 Å². The number of methoxy groups -OCH3 is 2. The highest BCUT2D eigenvalue weighted by Gasteiger charge is 2.29. The van der Waals surface area contributed by atoms with Crippen molar-refractivity contribution in [1.82, 2.24) is 24.6 Å². The Morgan fingerprint density at radius 2 is 1.52 bits per heavy atom. The fraction of sp³-hybridized carbons (Fsp3) is 0.353. The van der Waals surface area contributed by atoms with E-state index >= 15 is 0 Å². The molecule has 2 heterocycles. The molecule has 0 bridgehead atoms. The summed E-state index contributed by atoms with van der Waals surface area (Å²) in [6.45, 7) is 3.71. The first-order chi connectivity index (χ1) is 21.5. The molecule has 5 rings (SSSR count). The molecule has 1 aliphatic heterocycles. The number of thioether (sulfide) groups is 1. The standard InChI is InChI=1S/C34H39N5O4S/c1-25-24-37(20-21-38(25)32(41)23-26-12-16-29(42-2)17-13-26)31(40)11-7-8-22-44-34-36-35-33(27-9-5-4-6-10-27)39(34)28-14-18-30(43-3)19-15-28/h4-6,9-10,12-19,25H,7-8,11,20-24H2,1-3H3. The Kier molecular flexibility index (Phi) is 10.6. The van der Waals surface area contributed by atoms with Crippen LogP contribution in [0.3, 0.4) is 0 Å². The molecular weight excluding hydrogens is 574 g/mol. The average molecular weight is 614 g/mol. The minimum Gasteiger partial charge on any atom is -0.497 e. The fourth-order valence-electron chi connectivity index (χ4n) is 5.38. The van der Waals surface area contributed by atoms with Gasteiger partial charge in [-0.3, -0.25) is 14.2 Å². The van der Waals surface area contributed by atoms with E-state index in [0.717, 1.165) is 57.9 Å². The van der Waals surface area contributed by atoms with Gasteiger partial charge >= 0.3 is 0 Å². The first kappa shape index (κ1) is 31.1. The summed E-state index contributed by atoms with van der Waals surface area (Å²) < 4.78 is 12.6. The van der Waals surface area contributed by atoms with Gasteiger partial charge in [0.1, 0.15) is 11.5 Å². The van der Waals surface area contributed by atoms with Crippen LogP contribution in [0.4, 0.5) is 0 Å². The molecule has 2 amide bonds. The number of carbonyl (C=O) groups is 2. The Labute approximate surface area is 263 Å². The predicted molar refractivity (Wildman–Crippen MR) is 172 cm³/mol. The van der Waals surface area contributed by atoms with E-state index < -0.39 is 0 Å². The number of piperazine rings is 1. The molecule has 3 aromatic carbocycles. The van der Waals surface area contributed by atoms with Gasteiger partial charge in [0, 0.05) is 49.1 Å². The molecule has 1 atom stereocenters. The maximum Gasteiger partial charge on any atom is 0.227 e. The normalized spacial score (nSPS) is 14.8. The van der Waals surface area contributed by atoms with Gasteiger partial charge in [-0.15, -0.1) is 10.2 Å². The van der Waals surface area contributed by atoms with Crippen molar-refractivity contribution in [2.45, 2.75) is 43.8 Å². The van der Waals surface area contributed by atoms with Crippen molar-refractivity contribution in [3.63, 3.8) is 0 Å². The molecule has 1 aromatic heterocycles. The van der Waals surface area contributed by atoms with Crippen LogP contribution in [0.5, 0.6) is 11.5 Å². The molecule has 1 saturated heterocycles. The number of nitrogens with zero attached hydrogens (tertiary/aromatic N) is 5. The summed E-state index contributed by atoms with van der Waals surface area (Å²) in [5.74, 6) is 3.40. The second-order valence-electron chi connectivity index (χ2n) is 10.8. The smallest absolute Gasteiger partial charge is 0.227 e. The first-order valence-electron chi connectivity index (χ1n) is 14.9. The Bertz CT molecular complexity index is 1530. The van der Waals surface area contributed by atoms with Gasteiger partial charge in [0.15, 0.2) is 11.0 Å². The van der Waals surface area contributed by atoms with Crippen LogP contribution >= 0.6 is 11.8 Å². The molecule has 0 spiro atoms. The second-order valence-corrected chi connectivity index (χ2v) is 11.9. The van der Waals surface area contributed by atoms with E-state index in [1.165, 1.54) is 0 Å². The minimum atomic E-state index is -0.0165. The molecule has 230 valence electrons. The molecule has 4 aromatic rings. The Balaban J connectivity index is 1.10. The molecule has 0 radical (unpaired) electrons. The summed E-state index contributed by atoms with van der Waals surface area (Å²) in [6, 6.07) is 25.5. The van der Waals surface area contributed by atoms with Crippen LogP contribution in [0.2, 0.25) is 0 Å². The molecule has 0 aliphatic carbocycles. The van der Waals surface area contributed by atoms with Crippen molar-refractivity contribution in [3.8, 4) is 28.6 Å². The lowest BCUT2D eigenvalue weighted by atomic mass is 10.1. The quantitative estimate of drug-likeness (QED) is 0.154. The lowest BCUT2D eigenvalue weighted by Crippen LogP contribution is -2.55. The molecule has 0 saturated carbocycles. The summed E-state index contributed by atoms with van der Waals surface area (Å²) in [6.07, 6.45) is 2.51. The summed E-state index contributed by atoms with van der Waals surface area (Å²) in [7, 11) is 3.28. The third kappa shape index (κ3) is 7.60. The Morgan fingerprint density at radius 3 is 2.18 bits per heavy atom. The number of unbranched alkanes of at least 4 members (excludes halogenated alkanes) is 1. The predicted octanol–water partition coefficient (Wildman–Crippen LogP) is 5.52. The van der Waals surface area contributed by atoms with E-state index in [1.807, 2.05) is 95.6 Å². The van der Waals surface area contributed by atoms with Crippen LogP contribution in [0.25, 0.3) is 17.1 Å². The van der Waals surface area contributed by atoms with Gasteiger partial charge in [0.25, 0.3) is 0 Å². The van der Waals surface area contributed by atoms with Crippen molar-refractivity contribution in [2.75, 3.05) is 39.6 Å². The fourth-order valence-corrected chi connectivity index (χ4v) is 6.33. The number of amides is 2. The highest BCUT2D eigenvalue weighted by molar-refractivity contribution is 7.99. The van der Waals surface area contributed by atoms with E-state index in [0.29, 0.717) is 32.5 Å². The summed E-state index contributed by atoms with van der Waals surface area (Å²) in [5.41, 5.74) is 2.91. The van der Waals surface area contributed by atoms with E-state index in [1.54, 1.807) is 26.0 Å². The van der Waals surface area contributed by atoms with Crippen molar-refractivity contribution in [3.05, 3.63) is 84.4 Å². The zero-order valence-electron chi connectivity index (χ0n) is 25.5. The second kappa shape index (κ2) is 14.9.